The molecule has 0 aromatic carbocycles. The average molecular weight is 362 g/mol. The van der Waals surface area contributed by atoms with Crippen LogP contribution < -0.4 is 0 Å². The second kappa shape index (κ2) is 7.06. The van der Waals surface area contributed by atoms with Crippen molar-refractivity contribution in [2.75, 3.05) is 6.26 Å². The van der Waals surface area contributed by atoms with Crippen LogP contribution in [0.2, 0.25) is 0 Å². The maximum absolute atomic E-state index is 14.2. The topological polar surface area (TPSA) is 74.6 Å². The fraction of sp³-hybridized carbons (Fsp3) is 0.647. The predicted molar refractivity (Wildman–Crippen MR) is 88.3 cm³/mol. The molecule has 0 heterocycles. The Kier molecular flexibility index (Phi) is 5.67. The van der Waals surface area contributed by atoms with Gasteiger partial charge in [0.1, 0.15) is 6.10 Å². The van der Waals surface area contributed by atoms with Crippen LogP contribution in [0, 0.1) is 5.92 Å². The lowest BCUT2D eigenvalue weighted by atomic mass is 9.78. The largest absolute Gasteiger partial charge is 0.393 e. The van der Waals surface area contributed by atoms with Crippen LogP contribution >= 0.6 is 0 Å². The van der Waals surface area contributed by atoms with Gasteiger partial charge in [-0.2, -0.15) is 0 Å². The third kappa shape index (κ3) is 4.52. The molecule has 0 aromatic rings. The molecule has 4 nitrogen and oxygen atoms in total. The van der Waals surface area contributed by atoms with Crippen molar-refractivity contribution in [2.45, 2.75) is 56.7 Å². The van der Waals surface area contributed by atoms with Gasteiger partial charge in [0.2, 0.25) is 0 Å². The van der Waals surface area contributed by atoms with E-state index in [0.29, 0.717) is 18.4 Å². The van der Waals surface area contributed by atoms with Gasteiger partial charge in [-0.25, -0.2) is 17.2 Å². The van der Waals surface area contributed by atoms with Gasteiger partial charge in [-0.15, -0.1) is 0 Å². The van der Waals surface area contributed by atoms with Crippen molar-refractivity contribution in [1.29, 1.82) is 0 Å². The lowest BCUT2D eigenvalue weighted by molar-refractivity contribution is -0.105. The van der Waals surface area contributed by atoms with Crippen molar-refractivity contribution in [3.63, 3.8) is 0 Å². The Bertz CT molecular complexity index is 664. The summed E-state index contributed by atoms with van der Waals surface area (Å²) in [4.78, 5) is -0.224. The van der Waals surface area contributed by atoms with E-state index in [-0.39, 0.29) is 16.4 Å². The maximum Gasteiger partial charge on any atom is 0.277 e. The Morgan fingerprint density at radius 2 is 1.92 bits per heavy atom. The maximum atomic E-state index is 14.2. The minimum atomic E-state index is -3.70. The zero-order valence-electron chi connectivity index (χ0n) is 13.7. The molecule has 3 atom stereocenters. The predicted octanol–water partition coefficient (Wildman–Crippen LogP) is 2.74. The highest BCUT2D eigenvalue weighted by atomic mass is 32.2. The molecule has 2 aliphatic rings. The van der Waals surface area contributed by atoms with Gasteiger partial charge in [0.15, 0.2) is 9.84 Å². The van der Waals surface area contributed by atoms with Gasteiger partial charge >= 0.3 is 0 Å². The summed E-state index contributed by atoms with van der Waals surface area (Å²) in [6, 6.07) is 0. The molecule has 1 fully saturated rings. The van der Waals surface area contributed by atoms with Crippen molar-refractivity contribution in [1.82, 2.24) is 0 Å². The summed E-state index contributed by atoms with van der Waals surface area (Å²) in [6.07, 6.45) is 2.46. The van der Waals surface area contributed by atoms with Crippen molar-refractivity contribution >= 4 is 9.84 Å². The standard InChI is InChI=1S/C17H24F2O4S/c1-11-10-17(18,19)16(21)9-14(24(2,22)23)6-7-15(11)12-4-3-5-13(20)8-12/h6-7,12-13,16,20-21H,1,3-5,8-10H2,2H3/b14-6+,15-7+/t12-,13+,16-/m0/s1. The number of aliphatic hydroxyl groups excluding tert-OH is 2. The second-order valence-corrected chi connectivity index (χ2v) is 8.87. The monoisotopic (exact) mass is 362 g/mol. The number of sulfone groups is 1. The molecule has 24 heavy (non-hydrogen) atoms. The first-order valence-corrected chi connectivity index (χ1v) is 9.92. The summed E-state index contributed by atoms with van der Waals surface area (Å²) >= 11 is 0. The summed E-state index contributed by atoms with van der Waals surface area (Å²) in [7, 11) is -3.70. The molecule has 0 aliphatic heterocycles. The van der Waals surface area contributed by atoms with Crippen LogP contribution in [0.25, 0.3) is 0 Å². The number of allylic oxidation sites excluding steroid dienone is 4. The lowest BCUT2D eigenvalue weighted by Gasteiger charge is -2.30. The highest BCUT2D eigenvalue weighted by Gasteiger charge is 2.41. The molecule has 0 bridgehead atoms. The van der Waals surface area contributed by atoms with Gasteiger partial charge in [0.05, 0.1) is 6.10 Å². The Morgan fingerprint density at radius 3 is 2.50 bits per heavy atom. The Hall–Kier alpha value is -1.05. The highest BCUT2D eigenvalue weighted by Crippen LogP contribution is 2.40. The Balaban J connectivity index is 2.45. The number of hydrogen-bond acceptors (Lipinski definition) is 4. The molecule has 136 valence electrons. The van der Waals surface area contributed by atoms with Gasteiger partial charge in [-0.05, 0) is 42.4 Å². The first kappa shape index (κ1) is 19.3. The fourth-order valence-electron chi connectivity index (χ4n) is 3.36. The quantitative estimate of drug-likeness (QED) is 0.792. The summed E-state index contributed by atoms with van der Waals surface area (Å²) < 4.78 is 52.1. The van der Waals surface area contributed by atoms with E-state index in [0.717, 1.165) is 19.1 Å². The van der Waals surface area contributed by atoms with E-state index in [9.17, 15) is 27.4 Å². The number of rotatable bonds is 2. The first-order valence-electron chi connectivity index (χ1n) is 8.03. The van der Waals surface area contributed by atoms with Crippen molar-refractivity contribution in [3.8, 4) is 0 Å². The third-order valence-corrected chi connectivity index (χ3v) is 6.01. The molecule has 0 aromatic heterocycles. The third-order valence-electron chi connectivity index (χ3n) is 4.75. The molecule has 0 saturated heterocycles. The highest BCUT2D eigenvalue weighted by molar-refractivity contribution is 7.94. The van der Waals surface area contributed by atoms with E-state index in [1.165, 1.54) is 12.2 Å². The molecule has 2 N–H and O–H groups in total. The van der Waals surface area contributed by atoms with E-state index >= 15 is 0 Å². The molecule has 0 unspecified atom stereocenters. The number of hydrogen-bond donors (Lipinski definition) is 2. The summed E-state index contributed by atoms with van der Waals surface area (Å²) in [5.41, 5.74) is 0.729. The van der Waals surface area contributed by atoms with Gasteiger partial charge < -0.3 is 10.2 Å². The molecule has 0 amide bonds. The van der Waals surface area contributed by atoms with E-state index in [4.69, 9.17) is 0 Å². The van der Waals surface area contributed by atoms with Crippen molar-refractivity contribution < 1.29 is 27.4 Å². The molecule has 2 aliphatic carbocycles. The molecule has 1 saturated carbocycles. The SMILES string of the molecule is C=C1CC(F)(F)[C@@H](O)C/C(S(C)(=O)=O)=C\C=C/1[C@H]1CCC[C@@H](O)C1. The normalized spacial score (nSPS) is 36.5. The van der Waals surface area contributed by atoms with E-state index in [1.807, 2.05) is 0 Å². The van der Waals surface area contributed by atoms with E-state index in [1.54, 1.807) is 0 Å². The second-order valence-electron chi connectivity index (χ2n) is 6.81. The van der Waals surface area contributed by atoms with Gasteiger partial charge in [0, 0.05) is 24.0 Å². The summed E-state index contributed by atoms with van der Waals surface area (Å²) in [5.74, 6) is -3.60. The summed E-state index contributed by atoms with van der Waals surface area (Å²) in [5, 5.41) is 19.6. The van der Waals surface area contributed by atoms with Crippen LogP contribution in [0.5, 0.6) is 0 Å². The van der Waals surface area contributed by atoms with Crippen LogP contribution in [-0.4, -0.2) is 43.0 Å². The van der Waals surface area contributed by atoms with Crippen molar-refractivity contribution in [2.24, 2.45) is 5.92 Å². The lowest BCUT2D eigenvalue weighted by Crippen LogP contribution is -2.35. The summed E-state index contributed by atoms with van der Waals surface area (Å²) in [6.45, 7) is 3.74. The zero-order valence-corrected chi connectivity index (χ0v) is 14.5. The molecular weight excluding hydrogens is 338 g/mol. The Morgan fingerprint density at radius 1 is 1.25 bits per heavy atom. The zero-order chi connectivity index (χ0) is 18.1. The number of alkyl halides is 2. The van der Waals surface area contributed by atoms with Crippen LogP contribution in [0.4, 0.5) is 8.78 Å². The molecular formula is C17H24F2O4S. The van der Waals surface area contributed by atoms with Gasteiger partial charge in [-0.1, -0.05) is 19.1 Å². The number of aliphatic hydroxyl groups is 2. The molecule has 0 spiro atoms. The first-order chi connectivity index (χ1) is 11.0. The smallest absolute Gasteiger partial charge is 0.277 e. The van der Waals surface area contributed by atoms with E-state index < -0.39 is 40.8 Å². The van der Waals surface area contributed by atoms with Crippen LogP contribution in [0.3, 0.4) is 0 Å². The fourth-order valence-corrected chi connectivity index (χ4v) is 4.13. The molecule has 0 radical (unpaired) electrons. The van der Waals surface area contributed by atoms with Crippen LogP contribution in [0.1, 0.15) is 38.5 Å². The molecule has 2 rings (SSSR count). The van der Waals surface area contributed by atoms with E-state index in [2.05, 4.69) is 6.58 Å². The van der Waals surface area contributed by atoms with Gasteiger partial charge in [-0.3, -0.25) is 0 Å². The van der Waals surface area contributed by atoms with Crippen LogP contribution in [-0.2, 0) is 9.84 Å². The minimum absolute atomic E-state index is 0.135. The van der Waals surface area contributed by atoms with Crippen LogP contribution in [0.15, 0.2) is 34.8 Å². The molecule has 7 heteroatoms. The Labute approximate surface area is 141 Å². The van der Waals surface area contributed by atoms with Gasteiger partial charge in [0.25, 0.3) is 5.92 Å². The van der Waals surface area contributed by atoms with Crippen molar-refractivity contribution in [3.05, 3.63) is 34.8 Å². The average Bonchev–Trinajstić information content (AvgIpc) is 2.47. The number of halogens is 2. The minimum Gasteiger partial charge on any atom is -0.393 e.